The summed E-state index contributed by atoms with van der Waals surface area (Å²) in [6.45, 7) is 5.64. The van der Waals surface area contributed by atoms with E-state index in [1.165, 1.54) is 18.4 Å². The predicted molar refractivity (Wildman–Crippen MR) is 72.2 cm³/mol. The molecule has 0 saturated heterocycles. The summed E-state index contributed by atoms with van der Waals surface area (Å²) in [5.74, 6) is 1.03. The lowest BCUT2D eigenvalue weighted by atomic mass is 10.2. The zero-order valence-corrected chi connectivity index (χ0v) is 10.5. The number of hydrogen-bond donors (Lipinski definition) is 1. The minimum Gasteiger partial charge on any atom is -0.359 e. The van der Waals surface area contributed by atoms with Crippen LogP contribution in [0.2, 0.25) is 0 Å². The van der Waals surface area contributed by atoms with Gasteiger partial charge in [0.05, 0.1) is 0 Å². The summed E-state index contributed by atoms with van der Waals surface area (Å²) >= 11 is 0. The van der Waals surface area contributed by atoms with Gasteiger partial charge in [0.25, 0.3) is 0 Å². The standard InChI is InChI=1S/C14H21N3/c1-3-4-9-17(2)14-8-5-12(11-16-14)10-15-13-6-7-13/h3,5,8,11,13,15H,1,4,6-7,9-10H2,2H3. The van der Waals surface area contributed by atoms with E-state index in [1.54, 1.807) is 0 Å². The Balaban J connectivity index is 1.84. The van der Waals surface area contributed by atoms with Gasteiger partial charge in [-0.05, 0) is 30.9 Å². The molecule has 0 aromatic carbocycles. The summed E-state index contributed by atoms with van der Waals surface area (Å²) in [4.78, 5) is 6.63. The minimum absolute atomic E-state index is 0.755. The number of anilines is 1. The molecule has 1 aliphatic rings. The van der Waals surface area contributed by atoms with Crippen molar-refractivity contribution in [1.82, 2.24) is 10.3 Å². The van der Waals surface area contributed by atoms with Crippen molar-refractivity contribution in [2.24, 2.45) is 0 Å². The molecule has 1 aromatic heterocycles. The van der Waals surface area contributed by atoms with Crippen LogP contribution in [-0.2, 0) is 6.54 Å². The van der Waals surface area contributed by atoms with E-state index in [2.05, 4.69) is 41.0 Å². The van der Waals surface area contributed by atoms with E-state index in [0.717, 1.165) is 31.4 Å². The molecule has 0 bridgehead atoms. The van der Waals surface area contributed by atoms with Crippen molar-refractivity contribution in [1.29, 1.82) is 0 Å². The highest BCUT2D eigenvalue weighted by atomic mass is 15.2. The van der Waals surface area contributed by atoms with Crippen LogP contribution in [-0.4, -0.2) is 24.6 Å². The molecule has 0 atom stereocenters. The molecule has 1 fully saturated rings. The maximum Gasteiger partial charge on any atom is 0.128 e. The monoisotopic (exact) mass is 231 g/mol. The van der Waals surface area contributed by atoms with Gasteiger partial charge in [-0.15, -0.1) is 6.58 Å². The first-order chi connectivity index (χ1) is 8.29. The Morgan fingerprint density at radius 3 is 2.94 bits per heavy atom. The smallest absolute Gasteiger partial charge is 0.128 e. The molecule has 0 unspecified atom stereocenters. The van der Waals surface area contributed by atoms with Crippen LogP contribution in [0, 0.1) is 0 Å². The van der Waals surface area contributed by atoms with Crippen LogP contribution in [0.25, 0.3) is 0 Å². The molecule has 1 aromatic rings. The fraction of sp³-hybridized carbons (Fsp3) is 0.500. The number of pyridine rings is 1. The summed E-state index contributed by atoms with van der Waals surface area (Å²) in [6, 6.07) is 5.00. The molecule has 3 heteroatoms. The fourth-order valence-electron chi connectivity index (χ4n) is 1.70. The van der Waals surface area contributed by atoms with Crippen LogP contribution in [0.3, 0.4) is 0 Å². The van der Waals surface area contributed by atoms with Crippen molar-refractivity contribution in [2.75, 3.05) is 18.5 Å². The molecule has 2 rings (SSSR count). The number of nitrogens with zero attached hydrogens (tertiary/aromatic N) is 2. The van der Waals surface area contributed by atoms with Gasteiger partial charge in [-0.3, -0.25) is 0 Å². The zero-order chi connectivity index (χ0) is 12.1. The Kier molecular flexibility index (Phi) is 4.15. The van der Waals surface area contributed by atoms with E-state index in [9.17, 15) is 0 Å². The lowest BCUT2D eigenvalue weighted by molar-refractivity contribution is 0.685. The Hall–Kier alpha value is -1.35. The molecule has 1 heterocycles. The minimum atomic E-state index is 0.755. The van der Waals surface area contributed by atoms with E-state index in [0.29, 0.717) is 0 Å². The highest BCUT2D eigenvalue weighted by Gasteiger charge is 2.19. The predicted octanol–water partition coefficient (Wildman–Crippen LogP) is 2.35. The van der Waals surface area contributed by atoms with Gasteiger partial charge in [-0.1, -0.05) is 12.1 Å². The summed E-state index contributed by atoms with van der Waals surface area (Å²) in [6.07, 6.45) is 7.55. The van der Waals surface area contributed by atoms with E-state index in [1.807, 2.05) is 12.3 Å². The summed E-state index contributed by atoms with van der Waals surface area (Å²) in [7, 11) is 2.06. The second kappa shape index (κ2) is 5.82. The number of rotatable bonds is 7. The van der Waals surface area contributed by atoms with Gasteiger partial charge >= 0.3 is 0 Å². The lowest BCUT2D eigenvalue weighted by Gasteiger charge is -2.17. The van der Waals surface area contributed by atoms with Crippen LogP contribution in [0.4, 0.5) is 5.82 Å². The topological polar surface area (TPSA) is 28.2 Å². The quantitative estimate of drug-likeness (QED) is 0.730. The highest BCUT2D eigenvalue weighted by molar-refractivity contribution is 5.38. The second-order valence-corrected chi connectivity index (χ2v) is 4.68. The average molecular weight is 231 g/mol. The van der Waals surface area contributed by atoms with Crippen molar-refractivity contribution in [3.05, 3.63) is 36.5 Å². The summed E-state index contributed by atoms with van der Waals surface area (Å²) < 4.78 is 0. The van der Waals surface area contributed by atoms with Gasteiger partial charge in [-0.25, -0.2) is 4.98 Å². The van der Waals surface area contributed by atoms with Crippen LogP contribution < -0.4 is 10.2 Å². The van der Waals surface area contributed by atoms with Gasteiger partial charge < -0.3 is 10.2 Å². The molecular weight excluding hydrogens is 210 g/mol. The summed E-state index contributed by atoms with van der Waals surface area (Å²) in [5.41, 5.74) is 1.26. The van der Waals surface area contributed by atoms with Crippen LogP contribution in [0.1, 0.15) is 24.8 Å². The van der Waals surface area contributed by atoms with E-state index in [-0.39, 0.29) is 0 Å². The third-order valence-corrected chi connectivity index (χ3v) is 3.04. The Morgan fingerprint density at radius 1 is 1.53 bits per heavy atom. The first kappa shape index (κ1) is 12.1. The van der Waals surface area contributed by atoms with Gasteiger partial charge in [0.15, 0.2) is 0 Å². The van der Waals surface area contributed by atoms with Crippen molar-refractivity contribution < 1.29 is 0 Å². The Labute approximate surface area is 104 Å². The number of aromatic nitrogens is 1. The first-order valence-corrected chi connectivity index (χ1v) is 6.30. The zero-order valence-electron chi connectivity index (χ0n) is 10.5. The maximum atomic E-state index is 4.48. The molecule has 92 valence electrons. The number of nitrogens with one attached hydrogen (secondary N) is 1. The van der Waals surface area contributed by atoms with Crippen molar-refractivity contribution in [2.45, 2.75) is 31.8 Å². The molecule has 0 spiro atoms. The van der Waals surface area contributed by atoms with Crippen molar-refractivity contribution in [3.63, 3.8) is 0 Å². The maximum absolute atomic E-state index is 4.48. The third kappa shape index (κ3) is 3.86. The number of hydrogen-bond acceptors (Lipinski definition) is 3. The second-order valence-electron chi connectivity index (χ2n) is 4.68. The molecule has 3 nitrogen and oxygen atoms in total. The largest absolute Gasteiger partial charge is 0.359 e. The molecule has 1 N–H and O–H groups in total. The highest BCUT2D eigenvalue weighted by Crippen LogP contribution is 2.19. The molecule has 0 radical (unpaired) electrons. The molecule has 1 saturated carbocycles. The molecule has 0 amide bonds. The molecule has 17 heavy (non-hydrogen) atoms. The Morgan fingerprint density at radius 2 is 2.35 bits per heavy atom. The molecule has 0 aliphatic heterocycles. The normalized spacial score (nSPS) is 14.6. The average Bonchev–Trinajstić information content (AvgIpc) is 3.18. The first-order valence-electron chi connectivity index (χ1n) is 6.30. The fourth-order valence-corrected chi connectivity index (χ4v) is 1.70. The summed E-state index contributed by atoms with van der Waals surface area (Å²) in [5, 5.41) is 3.49. The molecule has 1 aliphatic carbocycles. The Bertz CT molecular complexity index is 354. The van der Waals surface area contributed by atoms with Gasteiger partial charge in [0.2, 0.25) is 0 Å². The van der Waals surface area contributed by atoms with Crippen LogP contribution in [0.5, 0.6) is 0 Å². The van der Waals surface area contributed by atoms with Crippen molar-refractivity contribution in [3.8, 4) is 0 Å². The third-order valence-electron chi connectivity index (χ3n) is 3.04. The van der Waals surface area contributed by atoms with Crippen LogP contribution >= 0.6 is 0 Å². The molecular formula is C14H21N3. The van der Waals surface area contributed by atoms with E-state index >= 15 is 0 Å². The van der Waals surface area contributed by atoms with Crippen LogP contribution in [0.15, 0.2) is 31.0 Å². The van der Waals surface area contributed by atoms with E-state index < -0.39 is 0 Å². The van der Waals surface area contributed by atoms with Gasteiger partial charge in [0, 0.05) is 32.4 Å². The van der Waals surface area contributed by atoms with Gasteiger partial charge in [-0.2, -0.15) is 0 Å². The lowest BCUT2D eigenvalue weighted by Crippen LogP contribution is -2.19. The SMILES string of the molecule is C=CCCN(C)c1ccc(CNC2CC2)cn1. The van der Waals surface area contributed by atoms with Gasteiger partial charge in [0.1, 0.15) is 5.82 Å². The van der Waals surface area contributed by atoms with Crippen molar-refractivity contribution >= 4 is 5.82 Å². The van der Waals surface area contributed by atoms with E-state index in [4.69, 9.17) is 0 Å².